The summed E-state index contributed by atoms with van der Waals surface area (Å²) in [6.45, 7) is 0. The first kappa shape index (κ1) is 14.0. The Bertz CT molecular complexity index is 975. The Morgan fingerprint density at radius 3 is 2.25 bits per heavy atom. The van der Waals surface area contributed by atoms with Gasteiger partial charge in [0.2, 0.25) is 0 Å². The van der Waals surface area contributed by atoms with Crippen LogP contribution >= 0.6 is 0 Å². The first-order valence-electron chi connectivity index (χ1n) is 7.07. The first-order valence-corrected chi connectivity index (χ1v) is 7.07. The molecule has 2 aromatic carbocycles. The Morgan fingerprint density at radius 1 is 0.917 bits per heavy atom. The van der Waals surface area contributed by atoms with Crippen LogP contribution in [0.2, 0.25) is 0 Å². The van der Waals surface area contributed by atoms with Crippen molar-refractivity contribution in [1.29, 1.82) is 0 Å². The number of rotatable bonds is 2. The smallest absolute Gasteiger partial charge is 0.322 e. The van der Waals surface area contributed by atoms with Gasteiger partial charge in [0, 0.05) is 10.8 Å². The van der Waals surface area contributed by atoms with Crippen LogP contribution in [0.1, 0.15) is 31.2 Å². The van der Waals surface area contributed by atoms with Gasteiger partial charge in [-0.1, -0.05) is 41.5 Å². The molecule has 0 atom stereocenters. The Labute approximate surface area is 135 Å². The number of carbonyl (C=O) groups is 3. The monoisotopic (exact) mass is 319 g/mol. The minimum atomic E-state index is -0.922. The average molecular weight is 319 g/mol. The number of carbonyl (C=O) groups excluding carboxylic acids is 3. The van der Waals surface area contributed by atoms with Crippen molar-refractivity contribution >= 4 is 28.6 Å². The number of hydroxylamine groups is 2. The lowest BCUT2D eigenvalue weighted by molar-refractivity contribution is -0.0587. The predicted octanol–water partition coefficient (Wildman–Crippen LogP) is 2.00. The molecule has 1 aliphatic rings. The van der Waals surface area contributed by atoms with Gasteiger partial charge >= 0.3 is 5.97 Å². The fourth-order valence-corrected chi connectivity index (χ4v) is 2.55. The predicted molar refractivity (Wildman–Crippen MR) is 81.9 cm³/mol. The third-order valence-corrected chi connectivity index (χ3v) is 3.69. The van der Waals surface area contributed by atoms with Crippen molar-refractivity contribution in [3.05, 3.63) is 71.5 Å². The van der Waals surface area contributed by atoms with Crippen LogP contribution in [0.3, 0.4) is 0 Å². The number of hydrogen-bond acceptors (Lipinski definition) is 6. The highest BCUT2D eigenvalue weighted by molar-refractivity contribution is 6.21. The normalized spacial score (nSPS) is 13.2. The van der Waals surface area contributed by atoms with Gasteiger partial charge in [0.05, 0.1) is 17.3 Å². The molecule has 3 aromatic rings. The van der Waals surface area contributed by atoms with Crippen LogP contribution in [0.4, 0.5) is 0 Å². The van der Waals surface area contributed by atoms with Crippen LogP contribution in [-0.2, 0) is 4.84 Å². The summed E-state index contributed by atoms with van der Waals surface area (Å²) in [6, 6.07) is 13.2. The van der Waals surface area contributed by atoms with E-state index in [2.05, 4.69) is 10.2 Å². The van der Waals surface area contributed by atoms with E-state index in [1.54, 1.807) is 36.4 Å². The van der Waals surface area contributed by atoms with E-state index in [9.17, 15) is 14.4 Å². The number of amides is 2. The molecular formula is C17H9N3O4. The minimum Gasteiger partial charge on any atom is -0.322 e. The standard InChI is InChI=1S/C17H9N3O4/c21-15-12-7-3-4-8-13(12)16(22)20(15)24-17(23)14-11-6-2-1-5-10(11)9-18-19-14/h1-9H. The molecule has 0 bridgehead atoms. The van der Waals surface area contributed by atoms with Gasteiger partial charge in [0.15, 0.2) is 5.69 Å². The van der Waals surface area contributed by atoms with E-state index in [1.165, 1.54) is 18.3 Å². The third-order valence-electron chi connectivity index (χ3n) is 3.69. The number of hydrogen-bond donors (Lipinski definition) is 0. The largest absolute Gasteiger partial charge is 0.384 e. The van der Waals surface area contributed by atoms with E-state index in [0.717, 1.165) is 0 Å². The van der Waals surface area contributed by atoms with E-state index in [-0.39, 0.29) is 16.8 Å². The van der Waals surface area contributed by atoms with E-state index in [1.807, 2.05) is 0 Å². The van der Waals surface area contributed by atoms with Crippen molar-refractivity contribution < 1.29 is 19.2 Å². The van der Waals surface area contributed by atoms with Gasteiger partial charge in [-0.05, 0) is 12.1 Å². The SMILES string of the molecule is O=C(ON1C(=O)c2ccccc2C1=O)c1nncc2ccccc12. The zero-order chi connectivity index (χ0) is 16.7. The first-order chi connectivity index (χ1) is 11.7. The highest BCUT2D eigenvalue weighted by Gasteiger charge is 2.39. The quantitative estimate of drug-likeness (QED) is 0.671. The maximum Gasteiger partial charge on any atom is 0.384 e. The van der Waals surface area contributed by atoms with Crippen molar-refractivity contribution in [1.82, 2.24) is 15.3 Å². The van der Waals surface area contributed by atoms with Crippen LogP contribution in [-0.4, -0.2) is 33.0 Å². The molecule has 0 radical (unpaired) electrons. The van der Waals surface area contributed by atoms with E-state index >= 15 is 0 Å². The van der Waals surface area contributed by atoms with Crippen LogP contribution in [0, 0.1) is 0 Å². The van der Waals surface area contributed by atoms with Crippen molar-refractivity contribution in [3.8, 4) is 0 Å². The second-order valence-corrected chi connectivity index (χ2v) is 5.11. The summed E-state index contributed by atoms with van der Waals surface area (Å²) in [5.74, 6) is -2.29. The van der Waals surface area contributed by atoms with E-state index < -0.39 is 17.8 Å². The Balaban J connectivity index is 1.68. The second-order valence-electron chi connectivity index (χ2n) is 5.11. The topological polar surface area (TPSA) is 89.5 Å². The fourth-order valence-electron chi connectivity index (χ4n) is 2.55. The molecule has 0 saturated carbocycles. The van der Waals surface area contributed by atoms with Crippen LogP contribution < -0.4 is 0 Å². The van der Waals surface area contributed by atoms with Crippen LogP contribution in [0.5, 0.6) is 0 Å². The maximum atomic E-state index is 12.4. The average Bonchev–Trinajstić information content (AvgIpc) is 2.86. The second kappa shape index (κ2) is 5.24. The summed E-state index contributed by atoms with van der Waals surface area (Å²) < 4.78 is 0. The lowest BCUT2D eigenvalue weighted by Crippen LogP contribution is -2.33. The summed E-state index contributed by atoms with van der Waals surface area (Å²) in [7, 11) is 0. The zero-order valence-electron chi connectivity index (χ0n) is 12.2. The molecule has 1 aliphatic heterocycles. The molecule has 116 valence electrons. The van der Waals surface area contributed by atoms with Gasteiger partial charge in [-0.25, -0.2) is 4.79 Å². The molecule has 0 fully saturated rings. The molecule has 0 aliphatic carbocycles. The molecule has 2 amide bonds. The summed E-state index contributed by atoms with van der Waals surface area (Å²) in [5, 5.41) is 9.19. The molecule has 2 heterocycles. The van der Waals surface area contributed by atoms with Gasteiger partial charge in [0.25, 0.3) is 11.8 Å². The summed E-state index contributed by atoms with van der Waals surface area (Å²) >= 11 is 0. The number of benzene rings is 2. The number of fused-ring (bicyclic) bond motifs is 2. The number of aromatic nitrogens is 2. The molecule has 7 nitrogen and oxygen atoms in total. The third kappa shape index (κ3) is 2.03. The van der Waals surface area contributed by atoms with Crippen molar-refractivity contribution in [2.45, 2.75) is 0 Å². The lowest BCUT2D eigenvalue weighted by Gasteiger charge is -2.12. The fraction of sp³-hybridized carbons (Fsp3) is 0. The molecule has 0 saturated heterocycles. The molecule has 7 heteroatoms. The number of imide groups is 1. The van der Waals surface area contributed by atoms with Crippen molar-refractivity contribution in [3.63, 3.8) is 0 Å². The molecule has 1 aromatic heterocycles. The molecule has 0 spiro atoms. The van der Waals surface area contributed by atoms with Crippen molar-refractivity contribution in [2.75, 3.05) is 0 Å². The zero-order valence-corrected chi connectivity index (χ0v) is 12.2. The summed E-state index contributed by atoms with van der Waals surface area (Å²) in [6.07, 6.45) is 1.51. The number of nitrogens with zero attached hydrogens (tertiary/aromatic N) is 3. The Hall–Kier alpha value is -3.61. The van der Waals surface area contributed by atoms with Gasteiger partial charge in [-0.2, -0.15) is 5.10 Å². The minimum absolute atomic E-state index is 0.0651. The molecule has 4 rings (SSSR count). The van der Waals surface area contributed by atoms with Crippen LogP contribution in [0.25, 0.3) is 10.8 Å². The molecule has 0 N–H and O–H groups in total. The van der Waals surface area contributed by atoms with Crippen LogP contribution in [0.15, 0.2) is 54.7 Å². The Morgan fingerprint density at radius 2 is 1.54 bits per heavy atom. The van der Waals surface area contributed by atoms with Gasteiger partial charge in [-0.15, -0.1) is 5.10 Å². The van der Waals surface area contributed by atoms with E-state index in [4.69, 9.17) is 4.84 Å². The lowest BCUT2D eigenvalue weighted by atomic mass is 10.1. The summed E-state index contributed by atoms with van der Waals surface area (Å²) in [4.78, 5) is 41.9. The molecular weight excluding hydrogens is 310 g/mol. The summed E-state index contributed by atoms with van der Waals surface area (Å²) in [5.41, 5.74) is 0.322. The van der Waals surface area contributed by atoms with Gasteiger partial charge in [-0.3, -0.25) is 9.59 Å². The van der Waals surface area contributed by atoms with Crippen molar-refractivity contribution in [2.24, 2.45) is 0 Å². The maximum absolute atomic E-state index is 12.4. The molecule has 24 heavy (non-hydrogen) atoms. The van der Waals surface area contributed by atoms with Gasteiger partial charge < -0.3 is 4.84 Å². The highest BCUT2D eigenvalue weighted by atomic mass is 16.7. The molecule has 0 unspecified atom stereocenters. The van der Waals surface area contributed by atoms with Gasteiger partial charge in [0.1, 0.15) is 0 Å². The Kier molecular flexibility index (Phi) is 3.06. The van der Waals surface area contributed by atoms with E-state index in [0.29, 0.717) is 15.8 Å². The highest BCUT2D eigenvalue weighted by Crippen LogP contribution is 2.24.